The van der Waals surface area contributed by atoms with Crippen molar-refractivity contribution in [3.05, 3.63) is 28.2 Å². The molecule has 0 aromatic carbocycles. The van der Waals surface area contributed by atoms with Crippen molar-refractivity contribution in [1.82, 2.24) is 42.1 Å². The van der Waals surface area contributed by atoms with E-state index in [1.807, 2.05) is 55.4 Å². The van der Waals surface area contributed by atoms with E-state index in [2.05, 4.69) is 42.1 Å². The summed E-state index contributed by atoms with van der Waals surface area (Å²) in [5.74, 6) is -2.20. The van der Waals surface area contributed by atoms with Gasteiger partial charge in [0.1, 0.15) is 23.8 Å². The normalized spacial score (nSPS) is 15.2. The van der Waals surface area contributed by atoms with Crippen molar-refractivity contribution in [3.8, 4) is 0 Å². The van der Waals surface area contributed by atoms with E-state index in [1.54, 1.807) is 6.92 Å². The number of hydrogen-bond acceptors (Lipinski definition) is 8. The number of amides is 5. The Morgan fingerprint density at radius 2 is 1.48 bits per heavy atom. The van der Waals surface area contributed by atoms with Crippen molar-refractivity contribution in [2.75, 3.05) is 13.1 Å². The fraction of sp³-hybridized carbons (Fsp3) is 0.719. The topological polar surface area (TPSA) is 203 Å². The number of carbonyl (C=O) groups is 5. The van der Waals surface area contributed by atoms with Gasteiger partial charge in [0, 0.05) is 25.2 Å². The number of aromatic amines is 1. The average Bonchev–Trinajstić information content (AvgIpc) is 3.00. The number of nitrogens with one attached hydrogen (secondary N) is 7. The number of hydrogen-bond donors (Lipinski definition) is 7. The second-order valence-corrected chi connectivity index (χ2v) is 12.6. The van der Waals surface area contributed by atoms with Crippen molar-refractivity contribution in [3.63, 3.8) is 0 Å². The molecule has 0 fully saturated rings. The molecule has 0 bridgehead atoms. The van der Waals surface area contributed by atoms with Crippen molar-refractivity contribution in [2.45, 2.75) is 118 Å². The van der Waals surface area contributed by atoms with E-state index in [0.29, 0.717) is 32.2 Å². The molecule has 1 aromatic rings. The maximum atomic E-state index is 13.5. The molecule has 0 aliphatic heterocycles. The van der Waals surface area contributed by atoms with Crippen molar-refractivity contribution >= 4 is 29.5 Å². The van der Waals surface area contributed by atoms with Crippen molar-refractivity contribution in [1.29, 1.82) is 0 Å². The summed E-state index contributed by atoms with van der Waals surface area (Å²) >= 11 is 0. The second kappa shape index (κ2) is 20.3. The Kier molecular flexibility index (Phi) is 17.8. The molecule has 14 heteroatoms. The fourth-order valence-electron chi connectivity index (χ4n) is 4.78. The number of aromatic nitrogens is 2. The molecule has 1 heterocycles. The van der Waals surface area contributed by atoms with Gasteiger partial charge in [-0.3, -0.25) is 28.8 Å². The van der Waals surface area contributed by atoms with E-state index in [9.17, 15) is 28.8 Å². The third kappa shape index (κ3) is 13.7. The van der Waals surface area contributed by atoms with Crippen LogP contribution in [0.2, 0.25) is 0 Å². The van der Waals surface area contributed by atoms with Crippen LogP contribution in [-0.4, -0.2) is 83.0 Å². The summed E-state index contributed by atoms with van der Waals surface area (Å²) in [7, 11) is 0. The highest BCUT2D eigenvalue weighted by Crippen LogP contribution is 2.11. The lowest BCUT2D eigenvalue weighted by atomic mass is 9.97. The van der Waals surface area contributed by atoms with Gasteiger partial charge >= 0.3 is 0 Å². The van der Waals surface area contributed by atoms with E-state index in [1.165, 1.54) is 12.1 Å². The molecule has 0 saturated heterocycles. The Balaban J connectivity index is 2.98. The van der Waals surface area contributed by atoms with Gasteiger partial charge in [-0.15, -0.1) is 0 Å². The molecule has 1 aromatic heterocycles. The Morgan fingerprint density at radius 1 is 0.804 bits per heavy atom. The summed E-state index contributed by atoms with van der Waals surface area (Å²) in [6.45, 7) is 17.7. The molecule has 14 nitrogen and oxygen atoms in total. The number of carbonyl (C=O) groups excluding carboxylic acids is 5. The zero-order valence-electron chi connectivity index (χ0n) is 28.9. The summed E-state index contributed by atoms with van der Waals surface area (Å²) in [5.41, 5.74) is -0.499. The Hall–Kier alpha value is -3.81. The summed E-state index contributed by atoms with van der Waals surface area (Å²) in [4.78, 5) is 76.5. The van der Waals surface area contributed by atoms with E-state index < -0.39 is 41.5 Å². The molecule has 46 heavy (non-hydrogen) atoms. The smallest absolute Gasteiger partial charge is 0.272 e. The lowest BCUT2D eigenvalue weighted by molar-refractivity contribution is -0.131. The molecular weight excluding hydrogens is 592 g/mol. The van der Waals surface area contributed by atoms with Crippen LogP contribution in [0.15, 0.2) is 16.9 Å². The molecule has 0 unspecified atom stereocenters. The third-order valence-electron chi connectivity index (χ3n) is 7.67. The van der Waals surface area contributed by atoms with E-state index in [0.717, 1.165) is 0 Å². The Bertz CT molecular complexity index is 1180. The minimum absolute atomic E-state index is 0.0422. The lowest BCUT2D eigenvalue weighted by Gasteiger charge is -2.29. The van der Waals surface area contributed by atoms with Crippen LogP contribution in [0.5, 0.6) is 0 Å². The number of likely N-dealkylation sites (N-methyl/N-ethyl adjacent to an activating group) is 1. The second-order valence-electron chi connectivity index (χ2n) is 12.6. The molecule has 0 aliphatic carbocycles. The first-order chi connectivity index (χ1) is 21.6. The molecule has 0 saturated carbocycles. The molecule has 0 radical (unpaired) electrons. The van der Waals surface area contributed by atoms with E-state index in [4.69, 9.17) is 0 Å². The van der Waals surface area contributed by atoms with Gasteiger partial charge in [0.25, 0.3) is 11.5 Å². The van der Waals surface area contributed by atoms with Crippen LogP contribution in [0.1, 0.15) is 98.5 Å². The van der Waals surface area contributed by atoms with Crippen molar-refractivity contribution < 1.29 is 24.0 Å². The highest BCUT2D eigenvalue weighted by molar-refractivity contribution is 5.97. The molecule has 0 aliphatic rings. The predicted octanol–water partition coefficient (Wildman–Crippen LogP) is 0.985. The standard InChI is InChI=1S/C32H56N8O6/c1-10-13-23(36-32(46)27(20(8)11-2)38-30(44)24-14-15-25(41)40-39-24)29(43)35-22(16-18(4)5)17-34-21(9)28(42)37-26(19(6)7)31(45)33-12-3/h14-15,18-23,26-27,34H,10-13,16-17H2,1-9H3,(H,33,45)(H,35,43)(H,36,46)(H,37,42)(H,38,44)(H,40,41)/t20-,21-,22-,23-,26-,27-/m0/s1. The summed E-state index contributed by atoms with van der Waals surface area (Å²) < 4.78 is 0. The van der Waals surface area contributed by atoms with Crippen LogP contribution in [0, 0.1) is 17.8 Å². The first-order valence-electron chi connectivity index (χ1n) is 16.4. The molecule has 6 atom stereocenters. The summed E-state index contributed by atoms with van der Waals surface area (Å²) in [6.07, 6.45) is 2.19. The number of H-pyrrole nitrogens is 1. The first-order valence-corrected chi connectivity index (χ1v) is 16.4. The van der Waals surface area contributed by atoms with Crippen molar-refractivity contribution in [2.24, 2.45) is 17.8 Å². The van der Waals surface area contributed by atoms with Gasteiger partial charge in [0.2, 0.25) is 23.6 Å². The molecule has 260 valence electrons. The van der Waals surface area contributed by atoms with Gasteiger partial charge in [-0.1, -0.05) is 61.3 Å². The van der Waals surface area contributed by atoms with Gasteiger partial charge in [0.15, 0.2) is 0 Å². The third-order valence-corrected chi connectivity index (χ3v) is 7.67. The Morgan fingerprint density at radius 3 is 2.00 bits per heavy atom. The molecule has 5 amide bonds. The predicted molar refractivity (Wildman–Crippen MR) is 177 cm³/mol. The first kappa shape index (κ1) is 40.2. The largest absolute Gasteiger partial charge is 0.355 e. The van der Waals surface area contributed by atoms with Crippen LogP contribution in [0.3, 0.4) is 0 Å². The minimum atomic E-state index is -0.944. The summed E-state index contributed by atoms with van der Waals surface area (Å²) in [5, 5.41) is 23.2. The van der Waals surface area contributed by atoms with Gasteiger partial charge in [-0.05, 0) is 50.5 Å². The monoisotopic (exact) mass is 648 g/mol. The fourth-order valence-corrected chi connectivity index (χ4v) is 4.78. The number of rotatable bonds is 20. The maximum absolute atomic E-state index is 13.5. The van der Waals surface area contributed by atoms with Gasteiger partial charge in [-0.25, -0.2) is 5.10 Å². The molecule has 7 N–H and O–H groups in total. The van der Waals surface area contributed by atoms with Crippen LogP contribution in [0.4, 0.5) is 0 Å². The highest BCUT2D eigenvalue weighted by atomic mass is 16.2. The van der Waals surface area contributed by atoms with Crippen LogP contribution in [-0.2, 0) is 19.2 Å². The minimum Gasteiger partial charge on any atom is -0.355 e. The summed E-state index contributed by atoms with van der Waals surface area (Å²) in [6, 6.07) is -1.01. The molecule has 1 rings (SSSR count). The highest BCUT2D eigenvalue weighted by Gasteiger charge is 2.31. The van der Waals surface area contributed by atoms with E-state index in [-0.39, 0.29) is 53.8 Å². The van der Waals surface area contributed by atoms with Gasteiger partial charge in [-0.2, -0.15) is 5.10 Å². The van der Waals surface area contributed by atoms with Gasteiger partial charge in [0.05, 0.1) is 6.04 Å². The Labute approximate surface area is 272 Å². The van der Waals surface area contributed by atoms with Crippen LogP contribution < -0.4 is 37.5 Å². The van der Waals surface area contributed by atoms with E-state index >= 15 is 0 Å². The molecular formula is C32H56N8O6. The maximum Gasteiger partial charge on any atom is 0.272 e. The van der Waals surface area contributed by atoms with Crippen LogP contribution >= 0.6 is 0 Å². The van der Waals surface area contributed by atoms with Gasteiger partial charge < -0.3 is 31.9 Å². The zero-order valence-corrected chi connectivity index (χ0v) is 28.9. The average molecular weight is 649 g/mol. The zero-order chi connectivity index (χ0) is 35.0. The molecule has 0 spiro atoms. The SMILES string of the molecule is CCC[C@H](NC(=O)[C@@H](NC(=O)c1ccc(=O)[nH]n1)[C@@H](C)CC)C(=O)N[C@H](CN[C@@H](C)C(=O)N[C@H](C(=O)NCC)C(C)C)CC(C)C. The quantitative estimate of drug-likeness (QED) is 0.108. The van der Waals surface area contributed by atoms with Crippen LogP contribution in [0.25, 0.3) is 0 Å². The number of nitrogens with zero attached hydrogens (tertiary/aromatic N) is 1. The lowest BCUT2D eigenvalue weighted by Crippen LogP contribution is -2.58.